The van der Waals surface area contributed by atoms with E-state index in [-0.39, 0.29) is 5.91 Å². The molecule has 0 aliphatic heterocycles. The van der Waals surface area contributed by atoms with Crippen molar-refractivity contribution in [1.29, 1.82) is 0 Å². The van der Waals surface area contributed by atoms with Crippen LogP contribution in [0.1, 0.15) is 18.9 Å². The predicted molar refractivity (Wildman–Crippen MR) is 53.4 cm³/mol. The summed E-state index contributed by atoms with van der Waals surface area (Å²) >= 11 is 0. The van der Waals surface area contributed by atoms with Gasteiger partial charge in [-0.15, -0.1) is 0 Å². The number of carbonyl (C=O) groups is 1. The zero-order valence-electron chi connectivity index (χ0n) is 8.52. The molecule has 0 unspecified atom stereocenters. The second kappa shape index (κ2) is 5.44. The molecule has 0 bridgehead atoms. The van der Waals surface area contributed by atoms with Gasteiger partial charge in [0.1, 0.15) is 0 Å². The van der Waals surface area contributed by atoms with E-state index in [1.54, 1.807) is 6.92 Å². The fraction of sp³-hybridized carbons (Fsp3) is 0.364. The van der Waals surface area contributed by atoms with Gasteiger partial charge >= 0.3 is 0 Å². The first-order valence-electron chi connectivity index (χ1n) is 4.84. The van der Waals surface area contributed by atoms with Crippen LogP contribution in [0.15, 0.2) is 18.2 Å². The number of hydrogen-bond acceptors (Lipinski definition) is 1. The second-order valence-corrected chi connectivity index (χ2v) is 3.20. The van der Waals surface area contributed by atoms with Gasteiger partial charge < -0.3 is 5.32 Å². The van der Waals surface area contributed by atoms with Crippen LogP contribution in [-0.4, -0.2) is 12.5 Å². The number of carbonyl (C=O) groups excluding carboxylic acids is 1. The minimum absolute atomic E-state index is 0.0439. The van der Waals surface area contributed by atoms with E-state index >= 15 is 0 Å². The van der Waals surface area contributed by atoms with E-state index in [4.69, 9.17) is 0 Å². The first kappa shape index (κ1) is 11.6. The molecule has 82 valence electrons. The summed E-state index contributed by atoms with van der Waals surface area (Å²) in [5.41, 5.74) is 0.672. The summed E-state index contributed by atoms with van der Waals surface area (Å²) in [6.07, 6.45) is 0.931. The van der Waals surface area contributed by atoms with E-state index in [9.17, 15) is 13.6 Å². The summed E-state index contributed by atoms with van der Waals surface area (Å²) in [6.45, 7) is 2.20. The van der Waals surface area contributed by atoms with E-state index in [0.717, 1.165) is 12.1 Å². The Balaban J connectivity index is 2.44. The molecule has 0 atom stereocenters. The van der Waals surface area contributed by atoms with Crippen molar-refractivity contribution in [2.24, 2.45) is 0 Å². The molecule has 1 amide bonds. The van der Waals surface area contributed by atoms with Gasteiger partial charge in [-0.2, -0.15) is 0 Å². The summed E-state index contributed by atoms with van der Waals surface area (Å²) in [6, 6.07) is 3.75. The first-order valence-corrected chi connectivity index (χ1v) is 4.84. The molecular formula is C11H13F2NO. The number of benzene rings is 1. The summed E-state index contributed by atoms with van der Waals surface area (Å²) in [5.74, 6) is -1.75. The van der Waals surface area contributed by atoms with Crippen molar-refractivity contribution in [1.82, 2.24) is 5.32 Å². The van der Waals surface area contributed by atoms with Crippen LogP contribution in [0.5, 0.6) is 0 Å². The zero-order valence-corrected chi connectivity index (χ0v) is 8.52. The molecule has 0 saturated heterocycles. The van der Waals surface area contributed by atoms with Crippen molar-refractivity contribution >= 4 is 5.91 Å². The van der Waals surface area contributed by atoms with Crippen LogP contribution >= 0.6 is 0 Å². The quantitative estimate of drug-likeness (QED) is 0.814. The summed E-state index contributed by atoms with van der Waals surface area (Å²) < 4.78 is 25.3. The highest BCUT2D eigenvalue weighted by molar-refractivity contribution is 5.75. The Bertz CT molecular complexity index is 352. The van der Waals surface area contributed by atoms with E-state index in [1.165, 1.54) is 6.07 Å². The highest BCUT2D eigenvalue weighted by Gasteiger charge is 2.02. The molecule has 1 aromatic carbocycles. The molecule has 2 nitrogen and oxygen atoms in total. The van der Waals surface area contributed by atoms with Crippen molar-refractivity contribution in [3.63, 3.8) is 0 Å². The molecule has 0 spiro atoms. The van der Waals surface area contributed by atoms with Crippen molar-refractivity contribution in [2.75, 3.05) is 6.54 Å². The lowest BCUT2D eigenvalue weighted by Crippen LogP contribution is -2.24. The third-order valence-electron chi connectivity index (χ3n) is 2.04. The van der Waals surface area contributed by atoms with Crippen molar-refractivity contribution < 1.29 is 13.6 Å². The van der Waals surface area contributed by atoms with Gasteiger partial charge in [-0.3, -0.25) is 4.79 Å². The van der Waals surface area contributed by atoms with Gasteiger partial charge in [0.2, 0.25) is 5.91 Å². The molecule has 1 N–H and O–H groups in total. The Morgan fingerprint density at radius 1 is 1.33 bits per heavy atom. The average Bonchev–Trinajstić information content (AvgIpc) is 2.23. The van der Waals surface area contributed by atoms with E-state index in [1.807, 2.05) is 0 Å². The molecule has 0 saturated carbocycles. The van der Waals surface area contributed by atoms with Gasteiger partial charge in [0.25, 0.3) is 0 Å². The molecule has 4 heteroatoms. The van der Waals surface area contributed by atoms with Crippen LogP contribution in [0.4, 0.5) is 8.78 Å². The lowest BCUT2D eigenvalue weighted by atomic mass is 10.1. The highest BCUT2D eigenvalue weighted by Crippen LogP contribution is 2.08. The van der Waals surface area contributed by atoms with Crippen LogP contribution in [0.2, 0.25) is 0 Å². The topological polar surface area (TPSA) is 29.1 Å². The maximum atomic E-state index is 12.8. The fourth-order valence-corrected chi connectivity index (χ4v) is 1.17. The Morgan fingerprint density at radius 3 is 2.67 bits per heavy atom. The van der Waals surface area contributed by atoms with Gasteiger partial charge in [-0.25, -0.2) is 8.78 Å². The minimum atomic E-state index is -0.852. The first-order chi connectivity index (χ1) is 7.13. The zero-order chi connectivity index (χ0) is 11.3. The van der Waals surface area contributed by atoms with Crippen LogP contribution < -0.4 is 5.32 Å². The van der Waals surface area contributed by atoms with Gasteiger partial charge in [0, 0.05) is 13.0 Å². The Kier molecular flexibility index (Phi) is 4.21. The molecule has 0 fully saturated rings. The lowest BCUT2D eigenvalue weighted by molar-refractivity contribution is -0.120. The molecule has 0 aliphatic carbocycles. The van der Waals surface area contributed by atoms with E-state index in [2.05, 4.69) is 5.32 Å². The average molecular weight is 213 g/mol. The predicted octanol–water partition coefficient (Wildman–Crippen LogP) is 2.03. The monoisotopic (exact) mass is 213 g/mol. The summed E-state index contributed by atoms with van der Waals surface area (Å²) in [4.78, 5) is 10.9. The summed E-state index contributed by atoms with van der Waals surface area (Å²) in [7, 11) is 0. The van der Waals surface area contributed by atoms with E-state index < -0.39 is 11.6 Å². The third kappa shape index (κ3) is 3.65. The number of amides is 1. The standard InChI is InChI=1S/C11H13F2NO/c1-2-11(15)14-6-5-8-3-4-9(12)10(13)7-8/h3-4,7H,2,5-6H2,1H3,(H,14,15). The molecule has 0 aliphatic rings. The molecule has 1 rings (SSSR count). The Morgan fingerprint density at radius 2 is 2.07 bits per heavy atom. The second-order valence-electron chi connectivity index (χ2n) is 3.20. The third-order valence-corrected chi connectivity index (χ3v) is 2.04. The fourth-order valence-electron chi connectivity index (χ4n) is 1.17. The maximum Gasteiger partial charge on any atom is 0.219 e. The Labute approximate surface area is 87.3 Å². The highest BCUT2D eigenvalue weighted by atomic mass is 19.2. The van der Waals surface area contributed by atoms with Crippen molar-refractivity contribution in [3.05, 3.63) is 35.4 Å². The smallest absolute Gasteiger partial charge is 0.219 e. The molecule has 0 aromatic heterocycles. The van der Waals surface area contributed by atoms with Crippen LogP contribution in [0, 0.1) is 11.6 Å². The number of halogens is 2. The number of hydrogen-bond donors (Lipinski definition) is 1. The number of rotatable bonds is 4. The minimum Gasteiger partial charge on any atom is -0.356 e. The largest absolute Gasteiger partial charge is 0.356 e. The molecule has 0 radical (unpaired) electrons. The SMILES string of the molecule is CCC(=O)NCCc1ccc(F)c(F)c1. The van der Waals surface area contributed by atoms with Gasteiger partial charge in [-0.05, 0) is 24.1 Å². The van der Waals surface area contributed by atoms with Gasteiger partial charge in [0.05, 0.1) is 0 Å². The lowest BCUT2D eigenvalue weighted by Gasteiger charge is -2.04. The maximum absolute atomic E-state index is 12.8. The Hall–Kier alpha value is -1.45. The molecule has 15 heavy (non-hydrogen) atoms. The molecular weight excluding hydrogens is 200 g/mol. The summed E-state index contributed by atoms with van der Waals surface area (Å²) in [5, 5.41) is 2.66. The van der Waals surface area contributed by atoms with E-state index in [0.29, 0.717) is 24.9 Å². The van der Waals surface area contributed by atoms with Gasteiger partial charge in [-0.1, -0.05) is 13.0 Å². The normalized spacial score (nSPS) is 10.1. The number of nitrogens with one attached hydrogen (secondary N) is 1. The van der Waals surface area contributed by atoms with Crippen LogP contribution in [0.3, 0.4) is 0 Å². The molecule has 0 heterocycles. The van der Waals surface area contributed by atoms with Gasteiger partial charge in [0.15, 0.2) is 11.6 Å². The van der Waals surface area contributed by atoms with Crippen molar-refractivity contribution in [3.8, 4) is 0 Å². The van der Waals surface area contributed by atoms with Crippen LogP contribution in [-0.2, 0) is 11.2 Å². The molecule has 1 aromatic rings. The van der Waals surface area contributed by atoms with Crippen molar-refractivity contribution in [2.45, 2.75) is 19.8 Å². The van der Waals surface area contributed by atoms with Crippen LogP contribution in [0.25, 0.3) is 0 Å².